The Balaban J connectivity index is 0.673. The number of carboxylic acid groups (broad SMARTS) is 2. The van der Waals surface area contributed by atoms with Gasteiger partial charge in [0.05, 0.1) is 58.8 Å². The average molecular weight is 1400 g/mol. The van der Waals surface area contributed by atoms with E-state index in [1.807, 2.05) is 81.9 Å². The number of nitrogens with two attached hydrogens (primary N) is 4. The van der Waals surface area contributed by atoms with Crippen LogP contribution in [0.3, 0.4) is 0 Å². The number of carboxylic acids is 2. The number of nitrogens with zero attached hydrogens (tertiary/aromatic N) is 10. The lowest BCUT2D eigenvalue weighted by molar-refractivity contribution is -0.754. The van der Waals surface area contributed by atoms with Crippen molar-refractivity contribution in [2.75, 3.05) is 37.6 Å². The standard InChI is InChI=1S/C60H72N18O16S3/c1-55(2)45(69-47(79)43(37-23-95-53(61)67-37)71-91-57(5,51(83)84)41-15-11-33-17-31(9-13-39(33)89-41)35-19-73(7)75(21-35)29-59(63)25-65-26-59)49(81)77(55)93-97(87,88)94-78-50(82)46(56(78,3)4)70-48(80)44(38-24-96-54(62)68-38)72-92-58(6,52(85)86)42-16-12-34-18-32(10-14-40(34)90-42)36-20-74(8)76(22-36)30-60(64)27-66-28-60/h9-10,13-14,17-24,41-42,45-46,65-66H,11-12,15-16,25-30,63-64H2,1-8H3,(H6-2,61,62,67,68,69,70,79,80,83,84,85,86)/p+2/b71-43-,72-44-/t41-,42-,45-,46-,57+,58+/m1/s1. The predicted octanol–water partition coefficient (Wildman–Crippen LogP) is -1.11. The summed E-state index contributed by atoms with van der Waals surface area (Å²) in [4.78, 5) is 102. The fourth-order valence-electron chi connectivity index (χ4n) is 12.2. The molecule has 97 heavy (non-hydrogen) atoms. The number of benzene rings is 2. The summed E-state index contributed by atoms with van der Waals surface area (Å²) in [5, 5.41) is 44.1. The van der Waals surface area contributed by atoms with Crippen LogP contribution in [0.1, 0.15) is 76.9 Å². The van der Waals surface area contributed by atoms with Gasteiger partial charge in [0.15, 0.2) is 48.0 Å². The van der Waals surface area contributed by atoms with E-state index in [-0.39, 0.29) is 45.6 Å². The molecule has 6 aliphatic heterocycles. The maximum absolute atomic E-state index is 14.2. The van der Waals surface area contributed by atoms with Gasteiger partial charge in [-0.25, -0.2) is 19.6 Å². The molecule has 34 nitrogen and oxygen atoms in total. The molecule has 10 heterocycles. The number of aromatic nitrogens is 6. The largest absolute Gasteiger partial charge is 0.485 e. The Morgan fingerprint density at radius 1 is 0.680 bits per heavy atom. The summed E-state index contributed by atoms with van der Waals surface area (Å²) in [6.07, 6.45) is 6.78. The topological polar surface area (TPSA) is 459 Å². The second-order valence-corrected chi connectivity index (χ2v) is 29.5. The van der Waals surface area contributed by atoms with Crippen molar-refractivity contribution in [2.24, 2.45) is 35.9 Å². The summed E-state index contributed by atoms with van der Waals surface area (Å²) < 4.78 is 58.1. The first-order chi connectivity index (χ1) is 45.6. The number of nitrogens with one attached hydrogen (secondary N) is 4. The molecule has 0 bridgehead atoms. The number of oxime groups is 2. The van der Waals surface area contributed by atoms with Gasteiger partial charge in [0.25, 0.3) is 34.8 Å². The van der Waals surface area contributed by atoms with Crippen molar-refractivity contribution in [1.82, 2.24) is 50.7 Å². The molecular weight excluding hydrogens is 1320 g/mol. The Kier molecular flexibility index (Phi) is 17.3. The molecule has 6 aliphatic rings. The average Bonchev–Trinajstić information content (AvgIpc) is 0.944. The van der Waals surface area contributed by atoms with E-state index in [1.165, 1.54) is 52.3 Å². The Hall–Kier alpha value is -9.21. The zero-order valence-electron chi connectivity index (χ0n) is 53.9. The number of aliphatic carboxylic acids is 2. The maximum Gasteiger partial charge on any atom is 0.442 e. The first-order valence-electron chi connectivity index (χ1n) is 30.7. The van der Waals surface area contributed by atoms with E-state index in [0.29, 0.717) is 73.7 Å². The summed E-state index contributed by atoms with van der Waals surface area (Å²) >= 11 is 1.84. The Labute approximate surface area is 562 Å². The third kappa shape index (κ3) is 12.8. The number of amides is 4. The quantitative estimate of drug-likeness (QED) is 0.0149. The number of hydroxylamine groups is 4. The fourth-order valence-corrected chi connectivity index (χ4v) is 14.2. The molecule has 0 radical (unpaired) electrons. The number of hydrogen-bond acceptors (Lipinski definition) is 26. The molecule has 6 aromatic rings. The van der Waals surface area contributed by atoms with Crippen LogP contribution in [0.25, 0.3) is 22.3 Å². The molecular formula is C60H74N18O16S3+2. The number of nitrogen functional groups attached to an aromatic ring is 2. The molecule has 4 saturated heterocycles. The monoisotopic (exact) mass is 1400 g/mol. The van der Waals surface area contributed by atoms with Crippen LogP contribution in [-0.4, -0.2) is 179 Å². The first kappa shape index (κ1) is 67.8. The van der Waals surface area contributed by atoms with Crippen molar-refractivity contribution in [3.8, 4) is 33.8 Å². The molecule has 4 fully saturated rings. The number of rotatable bonds is 24. The molecule has 12 rings (SSSR count). The van der Waals surface area contributed by atoms with Gasteiger partial charge in [-0.3, -0.25) is 19.2 Å². The lowest BCUT2D eigenvalue weighted by atomic mass is 9.84. The number of anilines is 2. The number of aryl methyl sites for hydroxylation is 4. The van der Waals surface area contributed by atoms with E-state index in [0.717, 1.165) is 56.1 Å². The number of ether oxygens (including phenoxy) is 2. The zero-order chi connectivity index (χ0) is 69.7. The van der Waals surface area contributed by atoms with E-state index >= 15 is 0 Å². The predicted molar refractivity (Wildman–Crippen MR) is 344 cm³/mol. The number of β-lactam (4-membered cyclic amide) rings is 2. The van der Waals surface area contributed by atoms with Gasteiger partial charge < -0.3 is 73.6 Å². The molecule has 14 N–H and O–H groups in total. The van der Waals surface area contributed by atoms with Crippen molar-refractivity contribution >= 4 is 90.3 Å². The number of hydrogen-bond donors (Lipinski definition) is 10. The highest BCUT2D eigenvalue weighted by Gasteiger charge is 2.62. The van der Waals surface area contributed by atoms with Crippen LogP contribution in [0, 0.1) is 0 Å². The summed E-state index contributed by atoms with van der Waals surface area (Å²) in [7, 11) is -1.53. The molecule has 0 spiro atoms. The van der Waals surface area contributed by atoms with E-state index in [1.54, 1.807) is 12.1 Å². The summed E-state index contributed by atoms with van der Waals surface area (Å²) in [5.74, 6) is -6.63. The molecule has 516 valence electrons. The van der Waals surface area contributed by atoms with Crippen molar-refractivity contribution in [3.05, 3.63) is 94.5 Å². The van der Waals surface area contributed by atoms with Crippen LogP contribution in [-0.2, 0) is 97.4 Å². The van der Waals surface area contributed by atoms with Gasteiger partial charge in [0.1, 0.15) is 35.0 Å². The second-order valence-electron chi connectivity index (χ2n) is 26.6. The minimum absolute atomic E-state index is 0.00565. The van der Waals surface area contributed by atoms with E-state index in [2.05, 4.69) is 41.5 Å². The van der Waals surface area contributed by atoms with Crippen LogP contribution < -0.4 is 63.0 Å². The SMILES string of the molecule is C[n+]1cc(-c2ccc3c(c2)CC[C@H]([C@](C)(O/N=C(\C(=O)N[C@@H]2C(=O)N(OS(=O)(=O)ON4C(=O)[C@@H](NC(=O)/C(=N\O[C@](C)(C(=O)O)[C@H]5CCc6cc(-c7cn(CC8(N)CNC8)[n+](C)c7)ccc6O5)c5csc(N)n5)C4(C)C)C2(C)C)c2csc(N)n2)C(=O)O)O3)cn1CC1(N)CNC1. The third-order valence-corrected chi connectivity index (χ3v) is 20.5. The van der Waals surface area contributed by atoms with Gasteiger partial charge in [0.2, 0.25) is 12.4 Å². The summed E-state index contributed by atoms with van der Waals surface area (Å²) in [6, 6.07) is 8.04. The second kappa shape index (κ2) is 24.7. The zero-order valence-corrected chi connectivity index (χ0v) is 56.4. The smallest absolute Gasteiger partial charge is 0.442 e. The van der Waals surface area contributed by atoms with Gasteiger partial charge >= 0.3 is 22.3 Å². The summed E-state index contributed by atoms with van der Waals surface area (Å²) in [5.41, 5.74) is 20.1. The molecule has 0 unspecified atom stereocenters. The van der Waals surface area contributed by atoms with Gasteiger partial charge in [-0.05, 0) is 114 Å². The molecule has 2 aromatic carbocycles. The van der Waals surface area contributed by atoms with E-state index < -0.39 is 104 Å². The fraction of sp³-hybridized carbons (Fsp3) is 0.467. The van der Waals surface area contributed by atoms with E-state index in [9.17, 15) is 47.4 Å². The minimum atomic E-state index is -5.39. The van der Waals surface area contributed by atoms with E-state index in [4.69, 9.17) is 50.7 Å². The van der Waals surface area contributed by atoms with Gasteiger partial charge in [-0.1, -0.05) is 22.4 Å². The van der Waals surface area contributed by atoms with Crippen molar-refractivity contribution < 1.29 is 84.5 Å². The maximum atomic E-state index is 14.2. The molecule has 4 amide bonds. The molecule has 37 heteroatoms. The third-order valence-electron chi connectivity index (χ3n) is 18.5. The van der Waals surface area contributed by atoms with Crippen LogP contribution in [0.15, 0.2) is 82.3 Å². The number of carbonyl (C=O) groups excluding carboxylic acids is 4. The molecule has 0 aliphatic carbocycles. The van der Waals surface area contributed by atoms with Gasteiger partial charge in [-0.15, -0.1) is 40.6 Å². The Morgan fingerprint density at radius 3 is 1.38 bits per heavy atom. The minimum Gasteiger partial charge on any atom is -0.485 e. The van der Waals surface area contributed by atoms with Crippen molar-refractivity contribution in [2.45, 2.75) is 138 Å². The lowest BCUT2D eigenvalue weighted by Gasteiger charge is -2.52. The number of thiazole rings is 2. The van der Waals surface area contributed by atoms with Crippen LogP contribution in [0.2, 0.25) is 0 Å². The highest BCUT2D eigenvalue weighted by Crippen LogP contribution is 2.41. The van der Waals surface area contributed by atoms with Gasteiger partial charge in [0, 0.05) is 36.9 Å². The molecule has 6 atom stereocenters. The number of fused-ring (bicyclic) bond motifs is 2. The normalized spacial score (nSPS) is 22.7. The van der Waals surface area contributed by atoms with Crippen LogP contribution in [0.4, 0.5) is 10.3 Å². The van der Waals surface area contributed by atoms with Crippen LogP contribution in [0.5, 0.6) is 11.5 Å². The van der Waals surface area contributed by atoms with Crippen molar-refractivity contribution in [1.29, 1.82) is 0 Å². The van der Waals surface area contributed by atoms with Crippen LogP contribution >= 0.6 is 22.7 Å². The Morgan fingerprint density at radius 2 is 1.06 bits per heavy atom. The highest BCUT2D eigenvalue weighted by molar-refractivity contribution is 7.81. The summed E-state index contributed by atoms with van der Waals surface area (Å²) in [6.45, 7) is 11.8. The number of carbonyl (C=O) groups is 6. The van der Waals surface area contributed by atoms with Gasteiger partial charge in [-0.2, -0.15) is 27.9 Å². The molecule has 4 aromatic heterocycles. The lowest BCUT2D eigenvalue weighted by Crippen LogP contribution is -2.78. The Bertz CT molecular complexity index is 4120. The molecule has 0 saturated carbocycles. The van der Waals surface area contributed by atoms with Crippen molar-refractivity contribution in [3.63, 3.8) is 0 Å². The highest BCUT2D eigenvalue weighted by atomic mass is 32.3. The first-order valence-corrected chi connectivity index (χ1v) is 33.8.